The predicted octanol–water partition coefficient (Wildman–Crippen LogP) is 2.47. The third-order valence-electron chi connectivity index (χ3n) is 4.76. The summed E-state index contributed by atoms with van der Waals surface area (Å²) in [6.45, 7) is 0. The van der Waals surface area contributed by atoms with E-state index in [1.807, 2.05) is 0 Å². The molecule has 8 N–H and O–H groups in total. The molecule has 33 heavy (non-hydrogen) atoms. The highest BCUT2D eigenvalue weighted by atomic mass is 16.6. The number of aliphatic hydroxyl groups excluding tert-OH is 1. The van der Waals surface area contributed by atoms with Crippen molar-refractivity contribution in [2.45, 2.75) is 6.29 Å². The lowest BCUT2D eigenvalue weighted by Crippen LogP contribution is -2.15. The average molecular weight is 456 g/mol. The summed E-state index contributed by atoms with van der Waals surface area (Å²) in [7, 11) is 0. The Bertz CT molecular complexity index is 1430. The standard InChI is InChI=1S/C22H16O11/c23-10-6-13(26)17-16(7-10)32-20(8-1-2-11(24)12(25)3-8)21(19(17)30)33-22(31)9-4-14(27)18(29)15(28)5-9/h1-7,22-29,31H. The molecule has 11 heteroatoms. The van der Waals surface area contributed by atoms with Gasteiger partial charge in [-0.15, -0.1) is 0 Å². The fourth-order valence-corrected chi connectivity index (χ4v) is 3.18. The van der Waals surface area contributed by atoms with Crippen LogP contribution in [0.15, 0.2) is 51.7 Å². The van der Waals surface area contributed by atoms with Crippen LogP contribution in [-0.4, -0.2) is 40.9 Å². The quantitative estimate of drug-likeness (QED) is 0.166. The Morgan fingerprint density at radius 3 is 2.06 bits per heavy atom. The van der Waals surface area contributed by atoms with Gasteiger partial charge < -0.3 is 50.0 Å². The summed E-state index contributed by atoms with van der Waals surface area (Å²) in [5, 5.41) is 78.3. The van der Waals surface area contributed by atoms with Crippen LogP contribution < -0.4 is 10.2 Å². The van der Waals surface area contributed by atoms with Gasteiger partial charge in [-0.1, -0.05) is 0 Å². The molecule has 0 fully saturated rings. The number of aliphatic hydroxyl groups is 1. The zero-order valence-corrected chi connectivity index (χ0v) is 16.4. The summed E-state index contributed by atoms with van der Waals surface area (Å²) < 4.78 is 11.0. The van der Waals surface area contributed by atoms with E-state index in [1.54, 1.807) is 0 Å². The minimum Gasteiger partial charge on any atom is -0.508 e. The van der Waals surface area contributed by atoms with Crippen LogP contribution in [0.3, 0.4) is 0 Å². The second-order valence-corrected chi connectivity index (χ2v) is 7.01. The van der Waals surface area contributed by atoms with Gasteiger partial charge in [0.05, 0.1) is 0 Å². The number of hydrogen-bond acceptors (Lipinski definition) is 11. The van der Waals surface area contributed by atoms with Crippen LogP contribution in [0.1, 0.15) is 11.9 Å². The Kier molecular flexibility index (Phi) is 5.03. The lowest BCUT2D eigenvalue weighted by Gasteiger charge is -2.17. The molecule has 0 aliphatic rings. The number of aromatic hydroxyl groups is 7. The van der Waals surface area contributed by atoms with E-state index >= 15 is 0 Å². The highest BCUT2D eigenvalue weighted by Gasteiger charge is 2.25. The number of ether oxygens (including phenoxy) is 1. The first-order valence-corrected chi connectivity index (χ1v) is 9.21. The highest BCUT2D eigenvalue weighted by Crippen LogP contribution is 2.41. The third kappa shape index (κ3) is 3.72. The van der Waals surface area contributed by atoms with Gasteiger partial charge in [0.15, 0.2) is 34.5 Å². The van der Waals surface area contributed by atoms with E-state index in [9.17, 15) is 45.6 Å². The van der Waals surface area contributed by atoms with Crippen LogP contribution in [0.4, 0.5) is 0 Å². The first kappa shape index (κ1) is 21.5. The predicted molar refractivity (Wildman–Crippen MR) is 112 cm³/mol. The second kappa shape index (κ2) is 7.73. The molecule has 3 aromatic carbocycles. The molecule has 0 bridgehead atoms. The van der Waals surface area contributed by atoms with Gasteiger partial charge in [0, 0.05) is 23.3 Å². The molecule has 0 amide bonds. The summed E-state index contributed by atoms with van der Waals surface area (Å²) in [6.07, 6.45) is -1.98. The minimum atomic E-state index is -1.98. The van der Waals surface area contributed by atoms with Crippen LogP contribution in [0, 0.1) is 0 Å². The molecule has 0 radical (unpaired) electrons. The van der Waals surface area contributed by atoms with Gasteiger partial charge in [-0.05, 0) is 30.3 Å². The molecule has 170 valence electrons. The van der Waals surface area contributed by atoms with E-state index in [1.165, 1.54) is 6.07 Å². The average Bonchev–Trinajstić information content (AvgIpc) is 2.74. The van der Waals surface area contributed by atoms with Gasteiger partial charge in [0.2, 0.25) is 17.5 Å². The van der Waals surface area contributed by atoms with Crippen LogP contribution >= 0.6 is 0 Å². The smallest absolute Gasteiger partial charge is 0.239 e. The number of fused-ring (bicyclic) bond motifs is 1. The Hall–Kier alpha value is -4.77. The number of hydrogen-bond donors (Lipinski definition) is 8. The normalized spacial score (nSPS) is 12.0. The third-order valence-corrected chi connectivity index (χ3v) is 4.76. The molecule has 1 unspecified atom stereocenters. The van der Waals surface area contributed by atoms with Crippen molar-refractivity contribution >= 4 is 11.0 Å². The molecule has 4 aromatic rings. The lowest BCUT2D eigenvalue weighted by atomic mass is 10.1. The maximum absolute atomic E-state index is 13.2. The van der Waals surface area contributed by atoms with Crippen molar-refractivity contribution < 1.29 is 50.0 Å². The molecule has 11 nitrogen and oxygen atoms in total. The summed E-state index contributed by atoms with van der Waals surface area (Å²) in [5.41, 5.74) is -1.45. The van der Waals surface area contributed by atoms with E-state index in [0.717, 1.165) is 36.4 Å². The first-order chi connectivity index (χ1) is 15.6. The maximum Gasteiger partial charge on any atom is 0.239 e. The van der Waals surface area contributed by atoms with Gasteiger partial charge in [0.1, 0.15) is 22.5 Å². The van der Waals surface area contributed by atoms with Crippen LogP contribution in [0.25, 0.3) is 22.3 Å². The molecule has 1 atom stereocenters. The zero-order chi connectivity index (χ0) is 24.0. The summed E-state index contributed by atoms with van der Waals surface area (Å²) >= 11 is 0. The van der Waals surface area contributed by atoms with Crippen molar-refractivity contribution in [1.82, 2.24) is 0 Å². The summed E-state index contributed by atoms with van der Waals surface area (Å²) in [4.78, 5) is 13.2. The van der Waals surface area contributed by atoms with E-state index in [-0.39, 0.29) is 22.5 Å². The van der Waals surface area contributed by atoms with Crippen molar-refractivity contribution in [3.05, 3.63) is 58.3 Å². The zero-order valence-electron chi connectivity index (χ0n) is 16.4. The minimum absolute atomic E-state index is 0.0192. The van der Waals surface area contributed by atoms with Crippen LogP contribution in [-0.2, 0) is 0 Å². The molecule has 0 saturated heterocycles. The van der Waals surface area contributed by atoms with E-state index in [0.29, 0.717) is 0 Å². The largest absolute Gasteiger partial charge is 0.508 e. The van der Waals surface area contributed by atoms with Gasteiger partial charge in [0.25, 0.3) is 0 Å². The van der Waals surface area contributed by atoms with Crippen molar-refractivity contribution in [3.63, 3.8) is 0 Å². The van der Waals surface area contributed by atoms with Crippen molar-refractivity contribution in [2.75, 3.05) is 0 Å². The van der Waals surface area contributed by atoms with E-state index in [4.69, 9.17) is 9.15 Å². The molecule has 1 heterocycles. The number of phenolic OH excluding ortho intramolecular Hbond substituents is 7. The highest BCUT2D eigenvalue weighted by molar-refractivity contribution is 5.88. The topological polar surface area (TPSA) is 201 Å². The molecule has 0 aliphatic heterocycles. The maximum atomic E-state index is 13.2. The van der Waals surface area contributed by atoms with E-state index in [2.05, 4.69) is 0 Å². The molecular weight excluding hydrogens is 440 g/mol. The Morgan fingerprint density at radius 2 is 1.42 bits per heavy atom. The van der Waals surface area contributed by atoms with Gasteiger partial charge in [-0.25, -0.2) is 0 Å². The number of rotatable bonds is 4. The van der Waals surface area contributed by atoms with E-state index < -0.39 is 63.1 Å². The van der Waals surface area contributed by atoms with Crippen LogP contribution in [0.2, 0.25) is 0 Å². The van der Waals surface area contributed by atoms with Crippen molar-refractivity contribution in [2.24, 2.45) is 0 Å². The Morgan fingerprint density at radius 1 is 0.758 bits per heavy atom. The molecule has 1 aromatic heterocycles. The molecule has 0 spiro atoms. The molecule has 4 rings (SSSR count). The van der Waals surface area contributed by atoms with Crippen molar-refractivity contribution in [1.29, 1.82) is 0 Å². The fourth-order valence-electron chi connectivity index (χ4n) is 3.18. The van der Waals surface area contributed by atoms with Gasteiger partial charge in [-0.3, -0.25) is 4.79 Å². The molecule has 0 saturated carbocycles. The monoisotopic (exact) mass is 456 g/mol. The fraction of sp³-hybridized carbons (Fsp3) is 0.0455. The van der Waals surface area contributed by atoms with Crippen molar-refractivity contribution in [3.8, 4) is 57.3 Å². The SMILES string of the molecule is O=c1c(OC(O)c2cc(O)c(O)c(O)c2)c(-c2ccc(O)c(O)c2)oc2cc(O)cc(O)c12. The van der Waals surface area contributed by atoms with Gasteiger partial charge >= 0.3 is 0 Å². The number of phenols is 7. The summed E-state index contributed by atoms with van der Waals surface area (Å²) in [5.74, 6) is -5.44. The first-order valence-electron chi connectivity index (χ1n) is 9.21. The number of benzene rings is 3. The van der Waals surface area contributed by atoms with Gasteiger partial charge in [-0.2, -0.15) is 0 Å². The Balaban J connectivity index is 1.94. The lowest BCUT2D eigenvalue weighted by molar-refractivity contribution is -0.0209. The Labute approximate surface area is 183 Å². The van der Waals surface area contributed by atoms with Crippen LogP contribution in [0.5, 0.6) is 46.0 Å². The summed E-state index contributed by atoms with van der Waals surface area (Å²) in [6, 6.07) is 7.11. The molecule has 0 aliphatic carbocycles. The molecular formula is C22H16O11. The second-order valence-electron chi connectivity index (χ2n) is 7.01.